The maximum absolute atomic E-state index is 12.0. The summed E-state index contributed by atoms with van der Waals surface area (Å²) in [5, 5.41) is 0. The van der Waals surface area contributed by atoms with Gasteiger partial charge in [0, 0.05) is 13.6 Å². The number of amides is 1. The lowest BCUT2D eigenvalue weighted by molar-refractivity contribution is 0.163. The van der Waals surface area contributed by atoms with Gasteiger partial charge in [-0.15, -0.1) is 0 Å². The topological polar surface area (TPSA) is 38.8 Å². The molecule has 0 saturated carbocycles. The Morgan fingerprint density at radius 1 is 1.05 bits per heavy atom. The summed E-state index contributed by atoms with van der Waals surface area (Å²) >= 11 is 0. The lowest BCUT2D eigenvalue weighted by Crippen LogP contribution is -2.31. The minimum absolute atomic E-state index is 0.365. The Kier molecular flexibility index (Phi) is 5.21. The van der Waals surface area contributed by atoms with Crippen LogP contribution in [0.5, 0.6) is 11.5 Å². The van der Waals surface area contributed by atoms with Crippen LogP contribution in [0, 0.1) is 0 Å². The standard InChI is InChI=1S/C17H19NO3/c1-18(17(19)21-15-9-4-3-5-10-15)13-12-14-8-6-7-11-16(14)20-2/h3-11H,12-13H2,1-2H3. The van der Waals surface area contributed by atoms with Crippen molar-refractivity contribution < 1.29 is 14.3 Å². The van der Waals surface area contributed by atoms with E-state index in [1.54, 1.807) is 31.2 Å². The molecule has 110 valence electrons. The number of hydrogen-bond acceptors (Lipinski definition) is 3. The summed E-state index contributed by atoms with van der Waals surface area (Å²) in [4.78, 5) is 13.5. The molecule has 0 aliphatic rings. The maximum Gasteiger partial charge on any atom is 0.414 e. The summed E-state index contributed by atoms with van der Waals surface area (Å²) in [5.41, 5.74) is 1.07. The van der Waals surface area contributed by atoms with Crippen LogP contribution in [-0.4, -0.2) is 31.7 Å². The molecule has 0 saturated heterocycles. The zero-order chi connectivity index (χ0) is 15.1. The first kappa shape index (κ1) is 14.9. The number of carbonyl (C=O) groups excluding carboxylic acids is 1. The summed E-state index contributed by atoms with van der Waals surface area (Å²) < 4.78 is 10.6. The highest BCUT2D eigenvalue weighted by Gasteiger charge is 2.12. The van der Waals surface area contributed by atoms with Gasteiger partial charge in [-0.3, -0.25) is 0 Å². The zero-order valence-electron chi connectivity index (χ0n) is 12.3. The van der Waals surface area contributed by atoms with Crippen LogP contribution in [0.25, 0.3) is 0 Å². The van der Waals surface area contributed by atoms with E-state index < -0.39 is 0 Å². The number of hydrogen-bond donors (Lipinski definition) is 0. The Labute approximate surface area is 124 Å². The van der Waals surface area contributed by atoms with E-state index in [4.69, 9.17) is 9.47 Å². The molecule has 2 aromatic carbocycles. The van der Waals surface area contributed by atoms with E-state index >= 15 is 0 Å². The molecular weight excluding hydrogens is 266 g/mol. The summed E-state index contributed by atoms with van der Waals surface area (Å²) in [6, 6.07) is 16.8. The Morgan fingerprint density at radius 3 is 2.43 bits per heavy atom. The van der Waals surface area contributed by atoms with Crippen LogP contribution >= 0.6 is 0 Å². The summed E-state index contributed by atoms with van der Waals surface area (Å²) in [6.07, 6.45) is 0.348. The molecule has 0 aromatic heterocycles. The largest absolute Gasteiger partial charge is 0.496 e. The molecule has 2 aromatic rings. The van der Waals surface area contributed by atoms with Gasteiger partial charge in [0.25, 0.3) is 0 Å². The molecule has 1 amide bonds. The molecule has 0 bridgehead atoms. The molecule has 0 aliphatic heterocycles. The third-order valence-electron chi connectivity index (χ3n) is 3.17. The van der Waals surface area contributed by atoms with Gasteiger partial charge in [-0.05, 0) is 30.2 Å². The molecule has 0 atom stereocenters. The average Bonchev–Trinajstić information content (AvgIpc) is 2.53. The highest BCUT2D eigenvalue weighted by molar-refractivity contribution is 5.70. The fourth-order valence-electron chi connectivity index (χ4n) is 1.96. The number of nitrogens with zero attached hydrogens (tertiary/aromatic N) is 1. The summed E-state index contributed by atoms with van der Waals surface area (Å²) in [5.74, 6) is 1.38. The second-order valence-corrected chi connectivity index (χ2v) is 4.66. The van der Waals surface area contributed by atoms with Crippen LogP contribution in [0.2, 0.25) is 0 Å². The molecule has 0 aliphatic carbocycles. The van der Waals surface area contributed by atoms with Gasteiger partial charge in [-0.1, -0.05) is 36.4 Å². The monoisotopic (exact) mass is 285 g/mol. The van der Waals surface area contributed by atoms with E-state index in [1.807, 2.05) is 42.5 Å². The lowest BCUT2D eigenvalue weighted by atomic mass is 10.1. The van der Waals surface area contributed by atoms with Crippen LogP contribution in [0.4, 0.5) is 4.79 Å². The van der Waals surface area contributed by atoms with Gasteiger partial charge in [-0.2, -0.15) is 0 Å². The van der Waals surface area contributed by atoms with Crippen LogP contribution in [-0.2, 0) is 6.42 Å². The minimum Gasteiger partial charge on any atom is -0.496 e. The molecular formula is C17H19NO3. The van der Waals surface area contributed by atoms with Gasteiger partial charge in [0.15, 0.2) is 0 Å². The molecule has 0 unspecified atom stereocenters. The first-order chi connectivity index (χ1) is 10.2. The third-order valence-corrected chi connectivity index (χ3v) is 3.17. The predicted octanol–water partition coefficient (Wildman–Crippen LogP) is 3.37. The molecule has 0 N–H and O–H groups in total. The fourth-order valence-corrected chi connectivity index (χ4v) is 1.96. The first-order valence-corrected chi connectivity index (χ1v) is 6.80. The SMILES string of the molecule is COc1ccccc1CCN(C)C(=O)Oc1ccccc1. The van der Waals surface area contributed by atoms with Crippen molar-refractivity contribution in [2.24, 2.45) is 0 Å². The van der Waals surface area contributed by atoms with Gasteiger partial charge in [-0.25, -0.2) is 4.79 Å². The van der Waals surface area contributed by atoms with Crippen molar-refractivity contribution in [3.8, 4) is 11.5 Å². The lowest BCUT2D eigenvalue weighted by Gasteiger charge is -2.17. The average molecular weight is 285 g/mol. The third kappa shape index (κ3) is 4.24. The number of likely N-dealkylation sites (N-methyl/N-ethyl adjacent to an activating group) is 1. The molecule has 0 heterocycles. The summed E-state index contributed by atoms with van der Waals surface area (Å²) in [6.45, 7) is 0.562. The highest BCUT2D eigenvalue weighted by Crippen LogP contribution is 2.18. The number of methoxy groups -OCH3 is 1. The number of ether oxygens (including phenoxy) is 2. The first-order valence-electron chi connectivity index (χ1n) is 6.80. The van der Waals surface area contributed by atoms with Gasteiger partial charge >= 0.3 is 6.09 Å². The van der Waals surface area contributed by atoms with Crippen LogP contribution < -0.4 is 9.47 Å². The smallest absolute Gasteiger partial charge is 0.414 e. The fraction of sp³-hybridized carbons (Fsp3) is 0.235. The molecule has 2 rings (SSSR count). The van der Waals surface area contributed by atoms with E-state index in [0.717, 1.165) is 11.3 Å². The summed E-state index contributed by atoms with van der Waals surface area (Å²) in [7, 11) is 3.37. The maximum atomic E-state index is 12.0. The van der Waals surface area contributed by atoms with Gasteiger partial charge < -0.3 is 14.4 Å². The van der Waals surface area contributed by atoms with E-state index in [2.05, 4.69) is 0 Å². The van der Waals surface area contributed by atoms with Crippen molar-refractivity contribution >= 4 is 6.09 Å². The second-order valence-electron chi connectivity index (χ2n) is 4.66. The molecule has 4 heteroatoms. The van der Waals surface area contributed by atoms with Crippen LogP contribution in [0.15, 0.2) is 54.6 Å². The predicted molar refractivity (Wildman–Crippen MR) is 81.8 cm³/mol. The van der Waals surface area contributed by atoms with Crippen LogP contribution in [0.3, 0.4) is 0 Å². The Bertz CT molecular complexity index is 584. The van der Waals surface area contributed by atoms with Crippen molar-refractivity contribution in [1.29, 1.82) is 0 Å². The van der Waals surface area contributed by atoms with Gasteiger partial charge in [0.05, 0.1) is 7.11 Å². The van der Waals surface area contributed by atoms with Crippen molar-refractivity contribution in [1.82, 2.24) is 4.90 Å². The molecule has 0 spiro atoms. The normalized spacial score (nSPS) is 10.0. The van der Waals surface area contributed by atoms with Gasteiger partial charge in [0.1, 0.15) is 11.5 Å². The highest BCUT2D eigenvalue weighted by atomic mass is 16.6. The zero-order valence-corrected chi connectivity index (χ0v) is 12.3. The number of para-hydroxylation sites is 2. The van der Waals surface area contributed by atoms with E-state index in [-0.39, 0.29) is 6.09 Å². The molecule has 21 heavy (non-hydrogen) atoms. The second kappa shape index (κ2) is 7.33. The number of benzene rings is 2. The van der Waals surface area contributed by atoms with Gasteiger partial charge in [0.2, 0.25) is 0 Å². The quantitative estimate of drug-likeness (QED) is 0.845. The molecule has 4 nitrogen and oxygen atoms in total. The molecule has 0 radical (unpaired) electrons. The van der Waals surface area contributed by atoms with Crippen molar-refractivity contribution in [2.75, 3.05) is 20.7 Å². The molecule has 0 fully saturated rings. The number of carbonyl (C=O) groups is 1. The Hall–Kier alpha value is -2.49. The van der Waals surface area contributed by atoms with Crippen molar-refractivity contribution in [3.63, 3.8) is 0 Å². The Balaban J connectivity index is 1.89. The Morgan fingerprint density at radius 2 is 1.71 bits per heavy atom. The van der Waals surface area contributed by atoms with Crippen molar-refractivity contribution in [2.45, 2.75) is 6.42 Å². The minimum atomic E-state index is -0.365. The van der Waals surface area contributed by atoms with Crippen LogP contribution in [0.1, 0.15) is 5.56 Å². The van der Waals surface area contributed by atoms with Crippen molar-refractivity contribution in [3.05, 3.63) is 60.2 Å². The van der Waals surface area contributed by atoms with E-state index in [9.17, 15) is 4.79 Å². The number of rotatable bonds is 5. The van der Waals surface area contributed by atoms with E-state index in [1.165, 1.54) is 0 Å². The van der Waals surface area contributed by atoms with E-state index in [0.29, 0.717) is 18.7 Å².